The molecule has 0 unspecified atom stereocenters. The highest BCUT2D eigenvalue weighted by Crippen LogP contribution is 2.38. The molecule has 0 saturated heterocycles. The van der Waals surface area contributed by atoms with Gasteiger partial charge in [-0.15, -0.1) is 0 Å². The third-order valence-electron chi connectivity index (χ3n) is 4.36. The molecule has 0 fully saturated rings. The van der Waals surface area contributed by atoms with Crippen molar-refractivity contribution in [2.45, 2.75) is 0 Å². The van der Waals surface area contributed by atoms with Gasteiger partial charge in [0.1, 0.15) is 5.82 Å². The van der Waals surface area contributed by atoms with Gasteiger partial charge >= 0.3 is 0 Å². The summed E-state index contributed by atoms with van der Waals surface area (Å²) in [5.41, 5.74) is 8.04. The van der Waals surface area contributed by atoms with E-state index in [1.54, 1.807) is 38.6 Å². The molecule has 10 heteroatoms. The van der Waals surface area contributed by atoms with Crippen molar-refractivity contribution >= 4 is 51.7 Å². The lowest BCUT2D eigenvalue weighted by Gasteiger charge is -2.13. The summed E-state index contributed by atoms with van der Waals surface area (Å²) >= 11 is 12.5. The predicted octanol–water partition coefficient (Wildman–Crippen LogP) is 4.67. The summed E-state index contributed by atoms with van der Waals surface area (Å²) in [6, 6.07) is 8.99. The van der Waals surface area contributed by atoms with Crippen molar-refractivity contribution in [3.8, 4) is 22.6 Å². The first-order valence-electron chi connectivity index (χ1n) is 8.46. The van der Waals surface area contributed by atoms with Crippen LogP contribution in [0.15, 0.2) is 36.5 Å². The van der Waals surface area contributed by atoms with Crippen LogP contribution in [0.4, 0.5) is 17.6 Å². The normalized spacial score (nSPS) is 10.9. The number of anilines is 3. The minimum absolute atomic E-state index is 0.112. The zero-order chi connectivity index (χ0) is 20.5. The van der Waals surface area contributed by atoms with Crippen LogP contribution in [0.25, 0.3) is 22.0 Å². The molecule has 2 aromatic carbocycles. The van der Waals surface area contributed by atoms with E-state index in [4.69, 9.17) is 38.4 Å². The van der Waals surface area contributed by atoms with Gasteiger partial charge in [-0.05, 0) is 29.8 Å². The number of fused-ring (bicyclic) bond motifs is 1. The molecule has 4 rings (SSSR count). The number of H-pyrrole nitrogens is 1. The quantitative estimate of drug-likeness (QED) is 0.421. The van der Waals surface area contributed by atoms with E-state index < -0.39 is 0 Å². The summed E-state index contributed by atoms with van der Waals surface area (Å²) in [6.07, 6.45) is 1.62. The van der Waals surface area contributed by atoms with Crippen LogP contribution in [0.5, 0.6) is 11.5 Å². The van der Waals surface area contributed by atoms with Gasteiger partial charge in [-0.25, -0.2) is 4.98 Å². The van der Waals surface area contributed by atoms with Crippen molar-refractivity contribution in [3.63, 3.8) is 0 Å². The Kier molecular flexibility index (Phi) is 5.04. The smallest absolute Gasteiger partial charge is 0.221 e. The van der Waals surface area contributed by atoms with Crippen molar-refractivity contribution in [2.24, 2.45) is 0 Å². The fourth-order valence-electron chi connectivity index (χ4n) is 2.96. The number of hydrogen-bond donors (Lipinski definition) is 3. The average molecular weight is 431 g/mol. The molecule has 0 spiro atoms. The summed E-state index contributed by atoms with van der Waals surface area (Å²) in [7, 11) is 3.15. The van der Waals surface area contributed by atoms with Crippen LogP contribution in [0.2, 0.25) is 10.0 Å². The van der Waals surface area contributed by atoms with Crippen LogP contribution in [0, 0.1) is 0 Å². The fraction of sp³-hybridized carbons (Fsp3) is 0.105. The zero-order valence-corrected chi connectivity index (χ0v) is 17.0. The molecule has 29 heavy (non-hydrogen) atoms. The number of nitrogens with two attached hydrogens (primary N) is 1. The average Bonchev–Trinajstić information content (AvgIpc) is 3.13. The second kappa shape index (κ2) is 7.65. The number of ether oxygens (including phenoxy) is 2. The van der Waals surface area contributed by atoms with E-state index in [-0.39, 0.29) is 5.95 Å². The number of benzene rings is 2. The molecule has 0 saturated carbocycles. The first-order valence-corrected chi connectivity index (χ1v) is 9.21. The van der Waals surface area contributed by atoms with Crippen LogP contribution < -0.4 is 20.5 Å². The SMILES string of the molecule is COc1ccc(-c2cnc(N)nc2Nc2n[nH]c3ccc(Cl)c(Cl)c23)cc1OC. The van der Waals surface area contributed by atoms with E-state index in [1.165, 1.54) is 0 Å². The third kappa shape index (κ3) is 3.48. The van der Waals surface area contributed by atoms with Gasteiger partial charge in [0.2, 0.25) is 5.95 Å². The van der Waals surface area contributed by atoms with Crippen molar-refractivity contribution in [1.29, 1.82) is 0 Å². The van der Waals surface area contributed by atoms with E-state index in [0.29, 0.717) is 44.1 Å². The first-order chi connectivity index (χ1) is 14.0. The molecule has 2 heterocycles. The van der Waals surface area contributed by atoms with Crippen LogP contribution in [-0.4, -0.2) is 34.4 Å². The maximum absolute atomic E-state index is 6.38. The van der Waals surface area contributed by atoms with Gasteiger partial charge < -0.3 is 20.5 Å². The number of rotatable bonds is 5. The summed E-state index contributed by atoms with van der Waals surface area (Å²) in [4.78, 5) is 8.45. The van der Waals surface area contributed by atoms with Gasteiger partial charge in [-0.1, -0.05) is 29.3 Å². The zero-order valence-electron chi connectivity index (χ0n) is 15.5. The molecular weight excluding hydrogens is 415 g/mol. The van der Waals surface area contributed by atoms with Gasteiger partial charge in [0, 0.05) is 11.8 Å². The number of nitrogens with one attached hydrogen (secondary N) is 2. The largest absolute Gasteiger partial charge is 0.493 e. The highest BCUT2D eigenvalue weighted by Gasteiger charge is 2.17. The third-order valence-corrected chi connectivity index (χ3v) is 5.16. The Hall–Kier alpha value is -3.23. The minimum Gasteiger partial charge on any atom is -0.493 e. The monoisotopic (exact) mass is 430 g/mol. The van der Waals surface area contributed by atoms with Crippen LogP contribution >= 0.6 is 23.2 Å². The Labute approximate surface area is 176 Å². The standard InChI is InChI=1S/C19H16Cl2N6O2/c1-28-13-6-3-9(7-14(13)29-2)10-8-23-19(22)25-17(10)24-18-15-12(26-27-18)5-4-11(20)16(15)21/h3-8H,1-2H3,(H4,22,23,24,25,26,27). The van der Waals surface area contributed by atoms with E-state index in [0.717, 1.165) is 11.1 Å². The lowest BCUT2D eigenvalue weighted by molar-refractivity contribution is 0.355. The lowest BCUT2D eigenvalue weighted by Crippen LogP contribution is -2.03. The minimum atomic E-state index is 0.112. The van der Waals surface area contributed by atoms with Crippen molar-refractivity contribution in [1.82, 2.24) is 20.2 Å². The molecule has 148 valence electrons. The van der Waals surface area contributed by atoms with Gasteiger partial charge in [0.15, 0.2) is 17.3 Å². The van der Waals surface area contributed by atoms with E-state index in [2.05, 4.69) is 25.5 Å². The first kappa shape index (κ1) is 19.1. The van der Waals surface area contributed by atoms with E-state index >= 15 is 0 Å². The number of hydrogen-bond acceptors (Lipinski definition) is 7. The second-order valence-corrected chi connectivity index (χ2v) is 6.83. The molecule has 0 bridgehead atoms. The number of halogens is 2. The Morgan fingerprint density at radius 1 is 1.03 bits per heavy atom. The molecule has 4 N–H and O–H groups in total. The van der Waals surface area contributed by atoms with Crippen LogP contribution in [-0.2, 0) is 0 Å². The highest BCUT2D eigenvalue weighted by atomic mass is 35.5. The summed E-state index contributed by atoms with van der Waals surface area (Å²) in [6.45, 7) is 0. The van der Waals surface area contributed by atoms with Crippen LogP contribution in [0.1, 0.15) is 0 Å². The number of aromatic amines is 1. The second-order valence-electron chi connectivity index (χ2n) is 6.04. The van der Waals surface area contributed by atoms with Gasteiger partial charge in [-0.2, -0.15) is 10.1 Å². The van der Waals surface area contributed by atoms with E-state index in [1.807, 2.05) is 12.1 Å². The Morgan fingerprint density at radius 3 is 2.59 bits per heavy atom. The van der Waals surface area contributed by atoms with Gasteiger partial charge in [-0.3, -0.25) is 5.10 Å². The van der Waals surface area contributed by atoms with E-state index in [9.17, 15) is 0 Å². The van der Waals surface area contributed by atoms with Crippen molar-refractivity contribution < 1.29 is 9.47 Å². The molecule has 0 atom stereocenters. The molecule has 0 radical (unpaired) electrons. The molecule has 0 aliphatic carbocycles. The molecular formula is C19H16Cl2N6O2. The Balaban J connectivity index is 1.82. The topological polar surface area (TPSA) is 111 Å². The summed E-state index contributed by atoms with van der Waals surface area (Å²) in [5, 5.41) is 11.8. The fourth-order valence-corrected chi connectivity index (χ4v) is 3.37. The molecule has 0 aliphatic rings. The van der Waals surface area contributed by atoms with Crippen molar-refractivity contribution in [2.75, 3.05) is 25.3 Å². The lowest BCUT2D eigenvalue weighted by atomic mass is 10.1. The molecule has 2 aromatic heterocycles. The maximum Gasteiger partial charge on any atom is 0.221 e. The van der Waals surface area contributed by atoms with Crippen LogP contribution in [0.3, 0.4) is 0 Å². The number of nitrogen functional groups attached to an aromatic ring is 1. The number of aromatic nitrogens is 4. The van der Waals surface area contributed by atoms with Crippen molar-refractivity contribution in [3.05, 3.63) is 46.6 Å². The van der Waals surface area contributed by atoms with Gasteiger partial charge in [0.25, 0.3) is 0 Å². The highest BCUT2D eigenvalue weighted by molar-refractivity contribution is 6.45. The number of methoxy groups -OCH3 is 2. The maximum atomic E-state index is 6.38. The summed E-state index contributed by atoms with van der Waals surface area (Å²) in [5.74, 6) is 2.22. The Morgan fingerprint density at radius 2 is 1.83 bits per heavy atom. The molecule has 0 amide bonds. The summed E-state index contributed by atoms with van der Waals surface area (Å²) < 4.78 is 10.7. The predicted molar refractivity (Wildman–Crippen MR) is 114 cm³/mol. The number of nitrogens with zero attached hydrogens (tertiary/aromatic N) is 3. The molecule has 8 nitrogen and oxygen atoms in total. The van der Waals surface area contributed by atoms with Gasteiger partial charge in [0.05, 0.1) is 35.2 Å². The molecule has 4 aromatic rings. The molecule has 0 aliphatic heterocycles. The Bertz CT molecular complexity index is 1210.